The van der Waals surface area contributed by atoms with Gasteiger partial charge in [0.1, 0.15) is 5.75 Å². The Kier molecular flexibility index (Phi) is 4.27. The number of aryl methyl sites for hydroxylation is 1. The van der Waals surface area contributed by atoms with Crippen molar-refractivity contribution < 1.29 is 19.4 Å². The van der Waals surface area contributed by atoms with Crippen molar-refractivity contribution >= 4 is 11.9 Å². The average molecular weight is 220 g/mol. The number of aliphatic carboxylic acids is 1. The lowest BCUT2D eigenvalue weighted by molar-refractivity contribution is -0.137. The summed E-state index contributed by atoms with van der Waals surface area (Å²) >= 11 is 0. The van der Waals surface area contributed by atoms with Crippen LogP contribution in [0.1, 0.15) is 12.0 Å². The standard InChI is InChI=1S/C12H12O4/c1-2-12(15)16-10-6-4-3-5-9(10)7-8-11(13)14/h2-6H,1,7-8H2,(H,13,14). The summed E-state index contributed by atoms with van der Waals surface area (Å²) in [5, 5.41) is 8.57. The molecule has 0 aliphatic rings. The summed E-state index contributed by atoms with van der Waals surface area (Å²) in [5.41, 5.74) is 0.695. The van der Waals surface area contributed by atoms with E-state index >= 15 is 0 Å². The molecule has 0 fully saturated rings. The molecule has 84 valence electrons. The molecule has 1 N–H and O–H groups in total. The molecule has 0 spiro atoms. The number of rotatable bonds is 5. The van der Waals surface area contributed by atoms with Crippen LogP contribution in [0.2, 0.25) is 0 Å². The van der Waals surface area contributed by atoms with E-state index in [1.807, 2.05) is 0 Å². The molecule has 0 heterocycles. The molecule has 4 heteroatoms. The van der Waals surface area contributed by atoms with Crippen LogP contribution in [-0.2, 0) is 16.0 Å². The van der Waals surface area contributed by atoms with Crippen molar-refractivity contribution in [3.63, 3.8) is 0 Å². The zero-order valence-corrected chi connectivity index (χ0v) is 8.68. The Balaban J connectivity index is 2.78. The van der Waals surface area contributed by atoms with Crippen molar-refractivity contribution in [2.75, 3.05) is 0 Å². The van der Waals surface area contributed by atoms with E-state index in [1.165, 1.54) is 0 Å². The molecule has 0 aliphatic heterocycles. The summed E-state index contributed by atoms with van der Waals surface area (Å²) in [7, 11) is 0. The molecule has 4 nitrogen and oxygen atoms in total. The molecule has 0 amide bonds. The topological polar surface area (TPSA) is 63.6 Å². The van der Waals surface area contributed by atoms with Crippen molar-refractivity contribution in [1.82, 2.24) is 0 Å². The summed E-state index contributed by atoms with van der Waals surface area (Å²) in [6.07, 6.45) is 1.40. The Morgan fingerprint density at radius 3 is 2.69 bits per heavy atom. The van der Waals surface area contributed by atoms with Crippen LogP contribution in [0.15, 0.2) is 36.9 Å². The number of hydrogen-bond acceptors (Lipinski definition) is 3. The van der Waals surface area contributed by atoms with Crippen molar-refractivity contribution in [1.29, 1.82) is 0 Å². The van der Waals surface area contributed by atoms with E-state index in [0.29, 0.717) is 17.7 Å². The lowest BCUT2D eigenvalue weighted by Gasteiger charge is -2.07. The zero-order chi connectivity index (χ0) is 12.0. The normalized spacial score (nSPS) is 9.50. The van der Waals surface area contributed by atoms with Crippen LogP contribution in [0.4, 0.5) is 0 Å². The zero-order valence-electron chi connectivity index (χ0n) is 8.68. The maximum atomic E-state index is 11.0. The van der Waals surface area contributed by atoms with Crippen molar-refractivity contribution in [2.45, 2.75) is 12.8 Å². The molecule has 0 radical (unpaired) electrons. The lowest BCUT2D eigenvalue weighted by Crippen LogP contribution is -2.06. The molecule has 0 unspecified atom stereocenters. The minimum absolute atomic E-state index is 0.00263. The van der Waals surface area contributed by atoms with Gasteiger partial charge in [0.25, 0.3) is 0 Å². The van der Waals surface area contributed by atoms with Gasteiger partial charge in [-0.2, -0.15) is 0 Å². The molecule has 0 aromatic heterocycles. The third kappa shape index (κ3) is 3.57. The lowest BCUT2D eigenvalue weighted by atomic mass is 10.1. The Morgan fingerprint density at radius 1 is 1.38 bits per heavy atom. The van der Waals surface area contributed by atoms with Crippen LogP contribution in [0.25, 0.3) is 0 Å². The predicted molar refractivity (Wildman–Crippen MR) is 58.2 cm³/mol. The smallest absolute Gasteiger partial charge is 0.335 e. The van der Waals surface area contributed by atoms with E-state index in [-0.39, 0.29) is 6.42 Å². The molecular weight excluding hydrogens is 208 g/mol. The number of benzene rings is 1. The maximum absolute atomic E-state index is 11.0. The van der Waals surface area contributed by atoms with Crippen LogP contribution in [0, 0.1) is 0 Å². The minimum atomic E-state index is -0.884. The summed E-state index contributed by atoms with van der Waals surface area (Å²) in [5.74, 6) is -1.05. The van der Waals surface area contributed by atoms with E-state index in [2.05, 4.69) is 6.58 Å². The summed E-state index contributed by atoms with van der Waals surface area (Å²) < 4.78 is 4.98. The maximum Gasteiger partial charge on any atom is 0.335 e. The first-order valence-corrected chi connectivity index (χ1v) is 4.77. The first-order chi connectivity index (χ1) is 7.63. The van der Waals surface area contributed by atoms with Crippen molar-refractivity contribution in [3.05, 3.63) is 42.5 Å². The summed E-state index contributed by atoms with van der Waals surface area (Å²) in [4.78, 5) is 21.5. The van der Waals surface area contributed by atoms with Gasteiger partial charge in [-0.3, -0.25) is 4.79 Å². The molecule has 0 saturated carbocycles. The Morgan fingerprint density at radius 2 is 2.06 bits per heavy atom. The largest absolute Gasteiger partial charge is 0.481 e. The number of carbonyl (C=O) groups excluding carboxylic acids is 1. The molecule has 0 saturated heterocycles. The van der Waals surface area contributed by atoms with Gasteiger partial charge < -0.3 is 9.84 Å². The van der Waals surface area contributed by atoms with Gasteiger partial charge in [0, 0.05) is 12.5 Å². The molecule has 16 heavy (non-hydrogen) atoms. The van der Waals surface area contributed by atoms with Gasteiger partial charge in [-0.1, -0.05) is 24.8 Å². The van der Waals surface area contributed by atoms with Gasteiger partial charge >= 0.3 is 11.9 Å². The third-order valence-electron chi connectivity index (χ3n) is 1.96. The molecule has 0 atom stereocenters. The number of para-hydroxylation sites is 1. The van der Waals surface area contributed by atoms with E-state index in [9.17, 15) is 9.59 Å². The minimum Gasteiger partial charge on any atom is -0.481 e. The number of hydrogen-bond donors (Lipinski definition) is 1. The number of carbonyl (C=O) groups is 2. The molecular formula is C12H12O4. The number of carboxylic acid groups (broad SMARTS) is 1. The van der Waals surface area contributed by atoms with Crippen LogP contribution >= 0.6 is 0 Å². The Labute approximate surface area is 93.2 Å². The fraction of sp³-hybridized carbons (Fsp3) is 0.167. The van der Waals surface area contributed by atoms with Crippen molar-refractivity contribution in [3.8, 4) is 5.75 Å². The first kappa shape index (κ1) is 12.0. The average Bonchev–Trinajstić information content (AvgIpc) is 2.27. The quantitative estimate of drug-likeness (QED) is 0.467. The van der Waals surface area contributed by atoms with E-state index < -0.39 is 11.9 Å². The van der Waals surface area contributed by atoms with Gasteiger partial charge in [-0.05, 0) is 18.1 Å². The van der Waals surface area contributed by atoms with Gasteiger partial charge in [-0.25, -0.2) is 4.79 Å². The second kappa shape index (κ2) is 5.70. The van der Waals surface area contributed by atoms with Gasteiger partial charge in [-0.15, -0.1) is 0 Å². The SMILES string of the molecule is C=CC(=O)Oc1ccccc1CCC(=O)O. The highest BCUT2D eigenvalue weighted by molar-refractivity contribution is 5.83. The second-order valence-electron chi connectivity index (χ2n) is 3.13. The van der Waals surface area contributed by atoms with Gasteiger partial charge in [0.15, 0.2) is 0 Å². The monoisotopic (exact) mass is 220 g/mol. The predicted octanol–water partition coefficient (Wildman–Crippen LogP) is 1.80. The fourth-order valence-electron chi connectivity index (χ4n) is 1.20. The van der Waals surface area contributed by atoms with Crippen LogP contribution in [0.5, 0.6) is 5.75 Å². The van der Waals surface area contributed by atoms with E-state index in [0.717, 1.165) is 6.08 Å². The summed E-state index contributed by atoms with van der Waals surface area (Å²) in [6.45, 7) is 3.29. The molecule has 1 aromatic carbocycles. The first-order valence-electron chi connectivity index (χ1n) is 4.77. The van der Waals surface area contributed by atoms with Crippen LogP contribution in [-0.4, -0.2) is 17.0 Å². The Bertz CT molecular complexity index is 409. The molecule has 1 rings (SSSR count). The van der Waals surface area contributed by atoms with Crippen LogP contribution < -0.4 is 4.74 Å². The number of ether oxygens (including phenoxy) is 1. The molecule has 0 bridgehead atoms. The highest BCUT2D eigenvalue weighted by atomic mass is 16.5. The van der Waals surface area contributed by atoms with Gasteiger partial charge in [0.2, 0.25) is 0 Å². The fourth-order valence-corrected chi connectivity index (χ4v) is 1.20. The third-order valence-corrected chi connectivity index (χ3v) is 1.96. The van der Waals surface area contributed by atoms with Gasteiger partial charge in [0.05, 0.1) is 0 Å². The van der Waals surface area contributed by atoms with Crippen LogP contribution in [0.3, 0.4) is 0 Å². The van der Waals surface area contributed by atoms with Crippen molar-refractivity contribution in [2.24, 2.45) is 0 Å². The number of carboxylic acids is 1. The van der Waals surface area contributed by atoms with E-state index in [4.69, 9.17) is 9.84 Å². The highest BCUT2D eigenvalue weighted by Crippen LogP contribution is 2.19. The van der Waals surface area contributed by atoms with E-state index in [1.54, 1.807) is 24.3 Å². The number of esters is 1. The second-order valence-corrected chi connectivity index (χ2v) is 3.13. The molecule has 0 aliphatic carbocycles. The summed E-state index contributed by atoms with van der Waals surface area (Å²) in [6, 6.07) is 6.84. The Hall–Kier alpha value is -2.10. The molecule has 1 aromatic rings. The highest BCUT2D eigenvalue weighted by Gasteiger charge is 2.07.